The van der Waals surface area contributed by atoms with Crippen LogP contribution in [-0.2, 0) is 10.3 Å². The fourth-order valence-corrected chi connectivity index (χ4v) is 3.03. The third-order valence-corrected chi connectivity index (χ3v) is 4.05. The summed E-state index contributed by atoms with van der Waals surface area (Å²) in [5.41, 5.74) is -0.340. The molecule has 4 heteroatoms. The lowest BCUT2D eigenvalue weighted by Crippen LogP contribution is -2.43. The molecule has 2 nitrogen and oxygen atoms in total. The van der Waals surface area contributed by atoms with E-state index in [1.807, 2.05) is 0 Å². The van der Waals surface area contributed by atoms with Gasteiger partial charge in [-0.1, -0.05) is 36.0 Å². The van der Waals surface area contributed by atoms with Crippen LogP contribution >= 0.6 is 23.2 Å². The summed E-state index contributed by atoms with van der Waals surface area (Å²) in [5, 5.41) is 12.0. The monoisotopic (exact) mass is 274 g/mol. The van der Waals surface area contributed by atoms with E-state index in [-0.39, 0.29) is 6.10 Å². The highest BCUT2D eigenvalue weighted by Gasteiger charge is 2.42. The first kappa shape index (κ1) is 13.2. The molecule has 0 radical (unpaired) electrons. The Kier molecular flexibility index (Phi) is 3.99. The second-order valence-corrected chi connectivity index (χ2v) is 5.36. The molecule has 94 valence electrons. The summed E-state index contributed by atoms with van der Waals surface area (Å²) in [4.78, 5) is 0. The van der Waals surface area contributed by atoms with Crippen molar-refractivity contribution in [1.82, 2.24) is 0 Å². The summed E-state index contributed by atoms with van der Waals surface area (Å²) < 4.78 is 5.40. The van der Waals surface area contributed by atoms with Crippen molar-refractivity contribution in [3.8, 4) is 0 Å². The number of aliphatic hydroxyl groups is 1. The molecule has 0 aromatic heterocycles. The van der Waals surface area contributed by atoms with Crippen LogP contribution in [0.5, 0.6) is 0 Å². The van der Waals surface area contributed by atoms with Crippen molar-refractivity contribution in [2.24, 2.45) is 0 Å². The minimum absolute atomic E-state index is 0.216. The molecule has 2 atom stereocenters. The maximum Gasteiger partial charge on any atom is 0.117 e. The Hall–Kier alpha value is -0.280. The van der Waals surface area contributed by atoms with Gasteiger partial charge < -0.3 is 9.84 Å². The summed E-state index contributed by atoms with van der Waals surface area (Å²) in [6.07, 6.45) is 3.33. The molecule has 1 saturated carbocycles. The molecule has 0 bridgehead atoms. The van der Waals surface area contributed by atoms with Gasteiger partial charge in [0.15, 0.2) is 0 Å². The lowest BCUT2D eigenvalue weighted by Gasteiger charge is -2.39. The topological polar surface area (TPSA) is 29.5 Å². The van der Waals surface area contributed by atoms with Gasteiger partial charge in [0, 0.05) is 22.7 Å². The molecule has 2 unspecified atom stereocenters. The van der Waals surface area contributed by atoms with Gasteiger partial charge in [0.25, 0.3) is 0 Å². The molecule has 2 rings (SSSR count). The fourth-order valence-electron chi connectivity index (χ4n) is 2.57. The molecular formula is C13H16Cl2O2. The minimum atomic E-state index is -1.02. The quantitative estimate of drug-likeness (QED) is 0.890. The van der Waals surface area contributed by atoms with Gasteiger partial charge in [0.1, 0.15) is 5.60 Å². The van der Waals surface area contributed by atoms with E-state index in [0.717, 1.165) is 19.3 Å². The predicted molar refractivity (Wildman–Crippen MR) is 69.6 cm³/mol. The second kappa shape index (κ2) is 5.15. The fraction of sp³-hybridized carbons (Fsp3) is 0.538. The third kappa shape index (κ3) is 2.45. The summed E-state index contributed by atoms with van der Waals surface area (Å²) in [7, 11) is 1.62. The molecule has 17 heavy (non-hydrogen) atoms. The van der Waals surface area contributed by atoms with Gasteiger partial charge in [-0.2, -0.15) is 0 Å². The van der Waals surface area contributed by atoms with Crippen LogP contribution in [0, 0.1) is 0 Å². The molecule has 1 aliphatic carbocycles. The SMILES string of the molecule is COC1CCCCC1(O)c1cc(Cl)ccc1Cl. The standard InChI is InChI=1S/C13H16Cl2O2/c1-17-12-4-2-3-7-13(12,16)10-8-9(14)5-6-11(10)15/h5-6,8,12,16H,2-4,7H2,1H3. The Bertz CT molecular complexity index is 408. The molecule has 0 saturated heterocycles. The van der Waals surface area contributed by atoms with Crippen LogP contribution < -0.4 is 0 Å². The van der Waals surface area contributed by atoms with Crippen molar-refractivity contribution in [1.29, 1.82) is 0 Å². The van der Waals surface area contributed by atoms with Gasteiger partial charge in [-0.05, 0) is 31.0 Å². The highest BCUT2D eigenvalue weighted by molar-refractivity contribution is 6.33. The van der Waals surface area contributed by atoms with Gasteiger partial charge in [-0.15, -0.1) is 0 Å². The number of hydrogen-bond acceptors (Lipinski definition) is 2. The average Bonchev–Trinajstić information content (AvgIpc) is 2.33. The molecule has 1 aliphatic rings. The summed E-state index contributed by atoms with van der Waals surface area (Å²) >= 11 is 12.1. The Morgan fingerprint density at radius 3 is 2.82 bits per heavy atom. The lowest BCUT2D eigenvalue weighted by atomic mass is 9.77. The van der Waals surface area contributed by atoms with Crippen LogP contribution in [0.1, 0.15) is 31.2 Å². The highest BCUT2D eigenvalue weighted by atomic mass is 35.5. The Labute approximate surface area is 111 Å². The van der Waals surface area contributed by atoms with Crippen molar-refractivity contribution in [3.05, 3.63) is 33.8 Å². The van der Waals surface area contributed by atoms with E-state index in [0.29, 0.717) is 22.0 Å². The number of hydrogen-bond donors (Lipinski definition) is 1. The largest absolute Gasteiger partial charge is 0.382 e. The first-order valence-electron chi connectivity index (χ1n) is 5.78. The molecule has 1 aromatic rings. The molecular weight excluding hydrogens is 259 g/mol. The molecule has 1 aromatic carbocycles. The molecule has 1 fully saturated rings. The number of benzene rings is 1. The Balaban J connectivity index is 2.44. The zero-order valence-corrected chi connectivity index (χ0v) is 11.3. The van der Waals surface area contributed by atoms with Gasteiger partial charge in [0.05, 0.1) is 6.10 Å². The minimum Gasteiger partial charge on any atom is -0.382 e. The first-order valence-corrected chi connectivity index (χ1v) is 6.54. The third-order valence-electron chi connectivity index (χ3n) is 3.49. The van der Waals surface area contributed by atoms with Crippen molar-refractivity contribution < 1.29 is 9.84 Å². The van der Waals surface area contributed by atoms with Gasteiger partial charge in [-0.3, -0.25) is 0 Å². The van der Waals surface area contributed by atoms with E-state index in [9.17, 15) is 5.11 Å². The molecule has 0 heterocycles. The van der Waals surface area contributed by atoms with Gasteiger partial charge >= 0.3 is 0 Å². The van der Waals surface area contributed by atoms with Crippen LogP contribution in [0.3, 0.4) is 0 Å². The number of methoxy groups -OCH3 is 1. The Morgan fingerprint density at radius 2 is 2.12 bits per heavy atom. The summed E-state index contributed by atoms with van der Waals surface area (Å²) in [6, 6.07) is 5.18. The number of ether oxygens (including phenoxy) is 1. The van der Waals surface area contributed by atoms with Crippen LogP contribution in [0.4, 0.5) is 0 Å². The van der Waals surface area contributed by atoms with Gasteiger partial charge in [-0.25, -0.2) is 0 Å². The second-order valence-electron chi connectivity index (χ2n) is 4.52. The highest BCUT2D eigenvalue weighted by Crippen LogP contribution is 2.42. The zero-order valence-electron chi connectivity index (χ0n) is 9.75. The molecule has 0 spiro atoms. The van der Waals surface area contributed by atoms with E-state index in [1.165, 1.54) is 0 Å². The van der Waals surface area contributed by atoms with E-state index < -0.39 is 5.60 Å². The maximum atomic E-state index is 10.8. The normalized spacial score (nSPS) is 29.3. The van der Waals surface area contributed by atoms with Crippen molar-refractivity contribution in [3.63, 3.8) is 0 Å². The first-order chi connectivity index (χ1) is 8.08. The zero-order chi connectivity index (χ0) is 12.5. The van der Waals surface area contributed by atoms with E-state index in [1.54, 1.807) is 25.3 Å². The van der Waals surface area contributed by atoms with E-state index in [2.05, 4.69) is 0 Å². The lowest BCUT2D eigenvalue weighted by molar-refractivity contribution is -0.122. The van der Waals surface area contributed by atoms with Crippen molar-refractivity contribution >= 4 is 23.2 Å². The summed E-state index contributed by atoms with van der Waals surface area (Å²) in [5.74, 6) is 0. The number of rotatable bonds is 2. The van der Waals surface area contributed by atoms with E-state index >= 15 is 0 Å². The van der Waals surface area contributed by atoms with Crippen LogP contribution in [0.25, 0.3) is 0 Å². The molecule has 0 aliphatic heterocycles. The number of halogens is 2. The van der Waals surface area contributed by atoms with Crippen LogP contribution in [0.2, 0.25) is 10.0 Å². The van der Waals surface area contributed by atoms with Crippen LogP contribution in [0.15, 0.2) is 18.2 Å². The molecule has 0 amide bonds. The summed E-state index contributed by atoms with van der Waals surface area (Å²) in [6.45, 7) is 0. The smallest absolute Gasteiger partial charge is 0.117 e. The van der Waals surface area contributed by atoms with Crippen molar-refractivity contribution in [2.75, 3.05) is 7.11 Å². The Morgan fingerprint density at radius 1 is 1.35 bits per heavy atom. The van der Waals surface area contributed by atoms with Crippen molar-refractivity contribution in [2.45, 2.75) is 37.4 Å². The predicted octanol–water partition coefficient (Wildman–Crippen LogP) is 3.77. The van der Waals surface area contributed by atoms with Crippen LogP contribution in [-0.4, -0.2) is 18.3 Å². The maximum absolute atomic E-state index is 10.8. The average molecular weight is 275 g/mol. The molecule has 1 N–H and O–H groups in total. The van der Waals surface area contributed by atoms with Gasteiger partial charge in [0.2, 0.25) is 0 Å². The van der Waals surface area contributed by atoms with E-state index in [4.69, 9.17) is 27.9 Å².